The first-order valence-electron chi connectivity index (χ1n) is 6.71. The van der Waals surface area contributed by atoms with Crippen LogP contribution in [0.3, 0.4) is 0 Å². The molecule has 0 aliphatic carbocycles. The molecule has 0 saturated carbocycles. The number of hydrogen-bond donors (Lipinski definition) is 1. The average molecular weight is 274 g/mol. The molecule has 1 atom stereocenters. The third kappa shape index (κ3) is 3.37. The standard InChI is InChI=1S/C17H20ClN/c1-4-19-13(3)14-7-9-15(10-8-14)16-6-5-12(2)17(18)11-16/h5-11,13,19H,4H2,1-3H3. The third-order valence-corrected chi connectivity index (χ3v) is 3.83. The highest BCUT2D eigenvalue weighted by atomic mass is 35.5. The zero-order chi connectivity index (χ0) is 13.8. The molecule has 1 unspecified atom stereocenters. The zero-order valence-electron chi connectivity index (χ0n) is 11.7. The first kappa shape index (κ1) is 14.1. The van der Waals surface area contributed by atoms with Crippen molar-refractivity contribution < 1.29 is 0 Å². The Bertz CT molecular complexity index is 546. The van der Waals surface area contributed by atoms with E-state index >= 15 is 0 Å². The lowest BCUT2D eigenvalue weighted by Crippen LogP contribution is -2.17. The Kier molecular flexibility index (Phi) is 4.62. The molecular formula is C17H20ClN. The smallest absolute Gasteiger partial charge is 0.0441 e. The van der Waals surface area contributed by atoms with Crippen molar-refractivity contribution in [2.45, 2.75) is 26.8 Å². The van der Waals surface area contributed by atoms with Crippen LogP contribution in [0.15, 0.2) is 42.5 Å². The molecule has 1 nitrogen and oxygen atoms in total. The Balaban J connectivity index is 2.24. The number of rotatable bonds is 4. The molecule has 2 aromatic carbocycles. The van der Waals surface area contributed by atoms with E-state index in [1.54, 1.807) is 0 Å². The second-order valence-electron chi connectivity index (χ2n) is 4.87. The van der Waals surface area contributed by atoms with Gasteiger partial charge in [0, 0.05) is 11.1 Å². The van der Waals surface area contributed by atoms with Gasteiger partial charge in [-0.05, 0) is 48.7 Å². The van der Waals surface area contributed by atoms with Gasteiger partial charge in [0.05, 0.1) is 0 Å². The van der Waals surface area contributed by atoms with Crippen molar-refractivity contribution in [2.24, 2.45) is 0 Å². The van der Waals surface area contributed by atoms with Crippen LogP contribution in [0.2, 0.25) is 5.02 Å². The van der Waals surface area contributed by atoms with Crippen LogP contribution in [0.1, 0.15) is 31.0 Å². The van der Waals surface area contributed by atoms with Crippen molar-refractivity contribution in [2.75, 3.05) is 6.54 Å². The Morgan fingerprint density at radius 3 is 2.26 bits per heavy atom. The van der Waals surface area contributed by atoms with Gasteiger partial charge < -0.3 is 5.32 Å². The molecule has 2 aromatic rings. The molecule has 0 heterocycles. The van der Waals surface area contributed by atoms with Crippen LogP contribution in [0, 0.1) is 6.92 Å². The first-order valence-corrected chi connectivity index (χ1v) is 7.09. The van der Waals surface area contributed by atoms with Crippen LogP contribution in [-0.2, 0) is 0 Å². The maximum absolute atomic E-state index is 6.18. The summed E-state index contributed by atoms with van der Waals surface area (Å²) >= 11 is 6.18. The van der Waals surface area contributed by atoms with E-state index in [0.29, 0.717) is 6.04 Å². The second kappa shape index (κ2) is 6.23. The van der Waals surface area contributed by atoms with Crippen molar-refractivity contribution in [1.82, 2.24) is 5.32 Å². The number of aryl methyl sites for hydroxylation is 1. The zero-order valence-corrected chi connectivity index (χ0v) is 12.5. The quantitative estimate of drug-likeness (QED) is 0.828. The predicted octanol–water partition coefficient (Wildman–Crippen LogP) is 4.99. The largest absolute Gasteiger partial charge is 0.310 e. The lowest BCUT2D eigenvalue weighted by atomic mass is 10.0. The van der Waals surface area contributed by atoms with Gasteiger partial charge in [0.15, 0.2) is 0 Å². The van der Waals surface area contributed by atoms with E-state index in [4.69, 9.17) is 11.6 Å². The van der Waals surface area contributed by atoms with E-state index in [0.717, 1.165) is 17.1 Å². The van der Waals surface area contributed by atoms with Gasteiger partial charge >= 0.3 is 0 Å². The third-order valence-electron chi connectivity index (χ3n) is 3.43. The summed E-state index contributed by atoms with van der Waals surface area (Å²) < 4.78 is 0. The fourth-order valence-electron chi connectivity index (χ4n) is 2.16. The van der Waals surface area contributed by atoms with Gasteiger partial charge in [-0.25, -0.2) is 0 Å². The summed E-state index contributed by atoms with van der Waals surface area (Å²) in [4.78, 5) is 0. The minimum atomic E-state index is 0.389. The highest BCUT2D eigenvalue weighted by Crippen LogP contribution is 2.26. The van der Waals surface area contributed by atoms with Crippen LogP contribution in [-0.4, -0.2) is 6.54 Å². The molecule has 0 aliphatic heterocycles. The van der Waals surface area contributed by atoms with Crippen molar-refractivity contribution >= 4 is 11.6 Å². The van der Waals surface area contributed by atoms with Crippen LogP contribution in [0.5, 0.6) is 0 Å². The molecule has 0 bridgehead atoms. The Morgan fingerprint density at radius 1 is 1.05 bits per heavy atom. The van der Waals surface area contributed by atoms with Gasteiger partial charge in [0.25, 0.3) is 0 Å². The molecule has 2 heteroatoms. The van der Waals surface area contributed by atoms with Crippen LogP contribution in [0.4, 0.5) is 0 Å². The van der Waals surface area contributed by atoms with E-state index in [9.17, 15) is 0 Å². The maximum Gasteiger partial charge on any atom is 0.0441 e. The molecule has 0 spiro atoms. The molecule has 2 rings (SSSR count). The van der Waals surface area contributed by atoms with Gasteiger partial charge in [0.1, 0.15) is 0 Å². The molecule has 19 heavy (non-hydrogen) atoms. The molecule has 0 fully saturated rings. The second-order valence-corrected chi connectivity index (χ2v) is 5.27. The lowest BCUT2D eigenvalue weighted by Gasteiger charge is -2.13. The van der Waals surface area contributed by atoms with Gasteiger partial charge in [-0.3, -0.25) is 0 Å². The van der Waals surface area contributed by atoms with Crippen LogP contribution >= 0.6 is 11.6 Å². The number of nitrogens with one attached hydrogen (secondary N) is 1. The summed E-state index contributed by atoms with van der Waals surface area (Å²) in [6.07, 6.45) is 0. The number of halogens is 1. The van der Waals surface area contributed by atoms with Gasteiger partial charge in [-0.1, -0.05) is 54.9 Å². The topological polar surface area (TPSA) is 12.0 Å². The molecule has 0 radical (unpaired) electrons. The summed E-state index contributed by atoms with van der Waals surface area (Å²) in [6.45, 7) is 7.31. The number of hydrogen-bond acceptors (Lipinski definition) is 1. The van der Waals surface area contributed by atoms with Crippen molar-refractivity contribution in [3.63, 3.8) is 0 Å². The Morgan fingerprint density at radius 2 is 1.68 bits per heavy atom. The minimum absolute atomic E-state index is 0.389. The monoisotopic (exact) mass is 273 g/mol. The van der Waals surface area contributed by atoms with E-state index < -0.39 is 0 Å². The average Bonchev–Trinajstić information content (AvgIpc) is 2.42. The minimum Gasteiger partial charge on any atom is -0.310 e. The van der Waals surface area contributed by atoms with E-state index in [1.807, 2.05) is 13.0 Å². The van der Waals surface area contributed by atoms with Crippen LogP contribution in [0.25, 0.3) is 11.1 Å². The summed E-state index contributed by atoms with van der Waals surface area (Å²) in [5.41, 5.74) is 4.79. The fraction of sp³-hybridized carbons (Fsp3) is 0.294. The lowest BCUT2D eigenvalue weighted by molar-refractivity contribution is 0.598. The van der Waals surface area contributed by atoms with Crippen molar-refractivity contribution in [3.05, 3.63) is 58.6 Å². The van der Waals surface area contributed by atoms with E-state index in [-0.39, 0.29) is 0 Å². The highest BCUT2D eigenvalue weighted by molar-refractivity contribution is 6.31. The van der Waals surface area contributed by atoms with Gasteiger partial charge in [-0.15, -0.1) is 0 Å². The van der Waals surface area contributed by atoms with Gasteiger partial charge in [0.2, 0.25) is 0 Å². The SMILES string of the molecule is CCNC(C)c1ccc(-c2ccc(C)c(Cl)c2)cc1. The van der Waals surface area contributed by atoms with E-state index in [1.165, 1.54) is 16.7 Å². The van der Waals surface area contributed by atoms with Crippen molar-refractivity contribution in [3.8, 4) is 11.1 Å². The Labute approximate surface area is 120 Å². The van der Waals surface area contributed by atoms with E-state index in [2.05, 4.69) is 55.6 Å². The molecule has 100 valence electrons. The normalized spacial score (nSPS) is 12.4. The first-order chi connectivity index (χ1) is 9.11. The summed E-state index contributed by atoms with van der Waals surface area (Å²) in [5, 5.41) is 4.24. The van der Waals surface area contributed by atoms with Crippen molar-refractivity contribution in [1.29, 1.82) is 0 Å². The molecule has 0 saturated heterocycles. The highest BCUT2D eigenvalue weighted by Gasteiger charge is 2.05. The Hall–Kier alpha value is -1.31. The maximum atomic E-state index is 6.18. The summed E-state index contributed by atoms with van der Waals surface area (Å²) in [7, 11) is 0. The summed E-state index contributed by atoms with van der Waals surface area (Å²) in [5.74, 6) is 0. The van der Waals surface area contributed by atoms with Crippen LogP contribution < -0.4 is 5.32 Å². The molecule has 0 amide bonds. The number of benzene rings is 2. The van der Waals surface area contributed by atoms with Gasteiger partial charge in [-0.2, -0.15) is 0 Å². The predicted molar refractivity (Wildman–Crippen MR) is 83.7 cm³/mol. The molecular weight excluding hydrogens is 254 g/mol. The molecule has 0 aliphatic rings. The fourth-order valence-corrected chi connectivity index (χ4v) is 2.34. The molecule has 0 aromatic heterocycles. The molecule has 1 N–H and O–H groups in total. The summed E-state index contributed by atoms with van der Waals surface area (Å²) in [6, 6.07) is 15.3.